The van der Waals surface area contributed by atoms with Gasteiger partial charge in [-0.3, -0.25) is 19.4 Å². The topological polar surface area (TPSA) is 72.3 Å². The second kappa shape index (κ2) is 8.77. The van der Waals surface area contributed by atoms with Gasteiger partial charge in [0.15, 0.2) is 0 Å². The molecule has 1 aromatic carbocycles. The first-order valence-corrected chi connectivity index (χ1v) is 11.2. The van der Waals surface area contributed by atoms with E-state index in [0.717, 1.165) is 68.6 Å². The zero-order valence-corrected chi connectivity index (χ0v) is 18.0. The monoisotopic (exact) mass is 419 g/mol. The summed E-state index contributed by atoms with van der Waals surface area (Å²) in [4.78, 5) is 19.5. The molecule has 2 aromatic heterocycles. The summed E-state index contributed by atoms with van der Waals surface area (Å²) >= 11 is 0. The van der Waals surface area contributed by atoms with Crippen LogP contribution in [0.15, 0.2) is 36.5 Å². The first-order chi connectivity index (χ1) is 15.2. The van der Waals surface area contributed by atoms with E-state index in [1.807, 2.05) is 30.3 Å². The number of carbonyl (C=O) groups is 1. The summed E-state index contributed by atoms with van der Waals surface area (Å²) in [6.07, 6.45) is 4.63. The summed E-state index contributed by atoms with van der Waals surface area (Å²) in [6, 6.07) is 9.77. The van der Waals surface area contributed by atoms with Crippen LogP contribution in [-0.4, -0.2) is 51.3 Å². The van der Waals surface area contributed by atoms with Gasteiger partial charge in [-0.1, -0.05) is 6.07 Å². The molecule has 0 aliphatic carbocycles. The number of amides is 1. The Morgan fingerprint density at radius 2 is 2.13 bits per heavy atom. The number of ether oxygens (including phenoxy) is 1. The number of pyridine rings is 1. The average molecular weight is 420 g/mol. The molecule has 1 saturated heterocycles. The smallest absolute Gasteiger partial charge is 0.251 e. The Hall–Kier alpha value is -2.77. The summed E-state index contributed by atoms with van der Waals surface area (Å²) in [7, 11) is 0. The minimum Gasteiger partial charge on any atom is -0.376 e. The SMILES string of the molecule is CCn1nc(CN2CCC(NC(=O)c3ccc4ncccc4c3)CC2)c2c1CCOC2. The first-order valence-electron chi connectivity index (χ1n) is 11.2. The molecule has 162 valence electrons. The highest BCUT2D eigenvalue weighted by atomic mass is 16.5. The van der Waals surface area contributed by atoms with Gasteiger partial charge in [0.05, 0.1) is 24.4 Å². The van der Waals surface area contributed by atoms with Crippen LogP contribution < -0.4 is 5.32 Å². The van der Waals surface area contributed by atoms with Crippen molar-refractivity contribution in [1.29, 1.82) is 0 Å². The van der Waals surface area contributed by atoms with Crippen molar-refractivity contribution in [1.82, 2.24) is 25.0 Å². The van der Waals surface area contributed by atoms with Gasteiger partial charge in [-0.15, -0.1) is 0 Å². The van der Waals surface area contributed by atoms with Crippen molar-refractivity contribution in [3.8, 4) is 0 Å². The summed E-state index contributed by atoms with van der Waals surface area (Å²) in [5.41, 5.74) is 5.39. The van der Waals surface area contributed by atoms with E-state index in [9.17, 15) is 4.79 Å². The fourth-order valence-electron chi connectivity index (χ4n) is 4.70. The molecule has 1 amide bonds. The molecule has 7 heteroatoms. The number of aryl methyl sites for hydroxylation is 1. The van der Waals surface area contributed by atoms with Crippen molar-refractivity contribution < 1.29 is 9.53 Å². The highest BCUT2D eigenvalue weighted by Gasteiger charge is 2.25. The maximum absolute atomic E-state index is 12.8. The summed E-state index contributed by atoms with van der Waals surface area (Å²) in [5, 5.41) is 9.07. The molecule has 0 atom stereocenters. The standard InChI is InChI=1S/C24H29N5O2/c1-2-29-23-9-13-31-16-20(23)22(27-29)15-28-11-7-19(8-12-28)26-24(30)18-5-6-21-17(14-18)4-3-10-25-21/h3-6,10,14,19H,2,7-9,11-13,15-16H2,1H3,(H,26,30). The van der Waals surface area contributed by atoms with Crippen LogP contribution in [0.5, 0.6) is 0 Å². The molecule has 1 N–H and O–H groups in total. The van der Waals surface area contributed by atoms with E-state index in [4.69, 9.17) is 9.84 Å². The molecule has 31 heavy (non-hydrogen) atoms. The van der Waals surface area contributed by atoms with Crippen LogP contribution in [0.2, 0.25) is 0 Å². The molecule has 3 aromatic rings. The zero-order valence-electron chi connectivity index (χ0n) is 18.0. The minimum absolute atomic E-state index is 0.00268. The number of nitrogens with one attached hydrogen (secondary N) is 1. The third kappa shape index (κ3) is 4.20. The van der Waals surface area contributed by atoms with Crippen molar-refractivity contribution >= 4 is 16.8 Å². The molecule has 0 bridgehead atoms. The van der Waals surface area contributed by atoms with Crippen LogP contribution in [0.1, 0.15) is 47.1 Å². The quantitative estimate of drug-likeness (QED) is 0.689. The number of likely N-dealkylation sites (tertiary alicyclic amines) is 1. The van der Waals surface area contributed by atoms with Gasteiger partial charge in [0.1, 0.15) is 0 Å². The van der Waals surface area contributed by atoms with E-state index in [-0.39, 0.29) is 11.9 Å². The molecule has 4 heterocycles. The van der Waals surface area contributed by atoms with E-state index in [0.29, 0.717) is 12.2 Å². The van der Waals surface area contributed by atoms with Crippen molar-refractivity contribution in [3.05, 3.63) is 59.0 Å². The Balaban J connectivity index is 1.18. The van der Waals surface area contributed by atoms with E-state index in [1.54, 1.807) is 6.20 Å². The average Bonchev–Trinajstić information content (AvgIpc) is 3.17. The third-order valence-corrected chi connectivity index (χ3v) is 6.44. The number of hydrogen-bond acceptors (Lipinski definition) is 5. The molecule has 5 rings (SSSR count). The van der Waals surface area contributed by atoms with E-state index in [1.165, 1.54) is 11.3 Å². The zero-order chi connectivity index (χ0) is 21.2. The molecule has 0 spiro atoms. The van der Waals surface area contributed by atoms with Crippen molar-refractivity contribution in [2.75, 3.05) is 19.7 Å². The molecule has 0 unspecified atom stereocenters. The predicted molar refractivity (Wildman–Crippen MR) is 119 cm³/mol. The molecule has 0 radical (unpaired) electrons. The maximum atomic E-state index is 12.8. The Morgan fingerprint density at radius 1 is 1.26 bits per heavy atom. The van der Waals surface area contributed by atoms with Crippen molar-refractivity contribution in [2.24, 2.45) is 0 Å². The largest absolute Gasteiger partial charge is 0.376 e. The number of hydrogen-bond donors (Lipinski definition) is 1. The van der Waals surface area contributed by atoms with Crippen LogP contribution in [0.4, 0.5) is 0 Å². The summed E-state index contributed by atoms with van der Waals surface area (Å²) in [6.45, 7) is 7.29. The highest BCUT2D eigenvalue weighted by Crippen LogP contribution is 2.23. The second-order valence-corrected chi connectivity index (χ2v) is 8.43. The van der Waals surface area contributed by atoms with Crippen LogP contribution in [0.3, 0.4) is 0 Å². The third-order valence-electron chi connectivity index (χ3n) is 6.44. The number of nitrogens with zero attached hydrogens (tertiary/aromatic N) is 4. The lowest BCUT2D eigenvalue weighted by atomic mass is 10.0. The molecule has 2 aliphatic rings. The molecular formula is C24H29N5O2. The maximum Gasteiger partial charge on any atom is 0.251 e. The lowest BCUT2D eigenvalue weighted by molar-refractivity contribution is 0.0906. The van der Waals surface area contributed by atoms with Gasteiger partial charge in [-0.2, -0.15) is 5.10 Å². The van der Waals surface area contributed by atoms with Crippen LogP contribution in [-0.2, 0) is 30.9 Å². The molecular weight excluding hydrogens is 390 g/mol. The molecule has 2 aliphatic heterocycles. The van der Waals surface area contributed by atoms with Crippen molar-refractivity contribution in [3.63, 3.8) is 0 Å². The lowest BCUT2D eigenvalue weighted by Gasteiger charge is -2.32. The number of carbonyl (C=O) groups excluding carboxylic acids is 1. The lowest BCUT2D eigenvalue weighted by Crippen LogP contribution is -2.44. The van der Waals surface area contributed by atoms with Crippen LogP contribution in [0.25, 0.3) is 10.9 Å². The number of benzene rings is 1. The number of aromatic nitrogens is 3. The normalized spacial score (nSPS) is 17.6. The van der Waals surface area contributed by atoms with Crippen molar-refractivity contribution in [2.45, 2.75) is 51.9 Å². The Kier molecular flexibility index (Phi) is 5.70. The van der Waals surface area contributed by atoms with Gasteiger partial charge < -0.3 is 10.1 Å². The summed E-state index contributed by atoms with van der Waals surface area (Å²) in [5.74, 6) is -0.00268. The number of fused-ring (bicyclic) bond motifs is 2. The van der Waals surface area contributed by atoms with Crippen LogP contribution in [0, 0.1) is 0 Å². The van der Waals surface area contributed by atoms with Gasteiger partial charge in [0, 0.05) is 67.0 Å². The Bertz CT molecular complexity index is 1080. The van der Waals surface area contributed by atoms with Gasteiger partial charge in [0.25, 0.3) is 5.91 Å². The van der Waals surface area contributed by atoms with Gasteiger partial charge in [-0.05, 0) is 44.0 Å². The van der Waals surface area contributed by atoms with Crippen LogP contribution >= 0.6 is 0 Å². The predicted octanol–water partition coefficient (Wildman–Crippen LogP) is 2.92. The first kappa shape index (κ1) is 20.2. The number of rotatable bonds is 5. The highest BCUT2D eigenvalue weighted by molar-refractivity contribution is 5.98. The van der Waals surface area contributed by atoms with Gasteiger partial charge >= 0.3 is 0 Å². The number of piperidine rings is 1. The van der Waals surface area contributed by atoms with E-state index >= 15 is 0 Å². The second-order valence-electron chi connectivity index (χ2n) is 8.43. The summed E-state index contributed by atoms with van der Waals surface area (Å²) < 4.78 is 7.83. The van der Waals surface area contributed by atoms with Gasteiger partial charge in [0.2, 0.25) is 0 Å². The minimum atomic E-state index is -0.00268. The molecule has 1 fully saturated rings. The van der Waals surface area contributed by atoms with E-state index < -0.39 is 0 Å². The Labute approximate surface area is 182 Å². The van der Waals surface area contributed by atoms with Gasteiger partial charge in [-0.25, -0.2) is 0 Å². The molecule has 0 saturated carbocycles. The fraction of sp³-hybridized carbons (Fsp3) is 0.458. The fourth-order valence-corrected chi connectivity index (χ4v) is 4.70. The Morgan fingerprint density at radius 3 is 2.97 bits per heavy atom. The van der Waals surface area contributed by atoms with E-state index in [2.05, 4.69) is 26.8 Å². The molecule has 7 nitrogen and oxygen atoms in total.